The second-order valence-corrected chi connectivity index (χ2v) is 4.72. The summed E-state index contributed by atoms with van der Waals surface area (Å²) in [5, 5.41) is 11.2. The van der Waals surface area contributed by atoms with Crippen LogP contribution in [-0.2, 0) is 23.8 Å². The number of ether oxygens (including phenoxy) is 3. The highest BCUT2D eigenvalue weighted by Crippen LogP contribution is 2.35. The number of rotatable bonds is 4. The number of esters is 2. The fourth-order valence-electron chi connectivity index (χ4n) is 2.23. The lowest BCUT2D eigenvalue weighted by Gasteiger charge is -2.33. The van der Waals surface area contributed by atoms with Gasteiger partial charge in [0.15, 0.2) is 18.3 Å². The van der Waals surface area contributed by atoms with Gasteiger partial charge in [0.2, 0.25) is 0 Å². The third-order valence-corrected chi connectivity index (χ3v) is 3.06. The fourth-order valence-corrected chi connectivity index (χ4v) is 2.23. The molecule has 0 aliphatic carbocycles. The van der Waals surface area contributed by atoms with Crippen molar-refractivity contribution in [2.75, 3.05) is 0 Å². The first-order chi connectivity index (χ1) is 10.9. The number of nitro groups is 1. The summed E-state index contributed by atoms with van der Waals surface area (Å²) in [7, 11) is 0. The summed E-state index contributed by atoms with van der Waals surface area (Å²) in [5.41, 5.74) is -0.121. The van der Waals surface area contributed by atoms with Crippen LogP contribution < -0.4 is 0 Å². The Balaban J connectivity index is 2.42. The molecule has 1 aliphatic heterocycles. The highest BCUT2D eigenvalue weighted by atomic mass is 16.6. The van der Waals surface area contributed by atoms with Gasteiger partial charge in [-0.05, 0) is 12.1 Å². The van der Waals surface area contributed by atoms with Gasteiger partial charge in [-0.15, -0.1) is 0 Å². The average Bonchev–Trinajstić information content (AvgIpc) is 2.48. The maximum Gasteiger partial charge on any atom is 0.303 e. The highest BCUT2D eigenvalue weighted by Gasteiger charge is 2.41. The maximum atomic E-state index is 11.4. The van der Waals surface area contributed by atoms with Crippen molar-refractivity contribution >= 4 is 17.6 Å². The van der Waals surface area contributed by atoms with Crippen molar-refractivity contribution in [1.29, 1.82) is 0 Å². The minimum Gasteiger partial charge on any atom is -0.489 e. The molecule has 0 N–H and O–H groups in total. The smallest absolute Gasteiger partial charge is 0.303 e. The van der Waals surface area contributed by atoms with Crippen molar-refractivity contribution in [2.24, 2.45) is 0 Å². The number of carbonyl (C=O) groups excluding carboxylic acids is 2. The zero-order valence-corrected chi connectivity index (χ0v) is 12.4. The molecule has 1 aliphatic rings. The summed E-state index contributed by atoms with van der Waals surface area (Å²) in [6.07, 6.45) is 2.11. The van der Waals surface area contributed by atoms with Crippen molar-refractivity contribution in [1.82, 2.24) is 4.98 Å². The molecule has 2 heterocycles. The third kappa shape index (κ3) is 3.82. The first-order valence-corrected chi connectivity index (χ1v) is 6.65. The van der Waals surface area contributed by atoms with E-state index in [1.54, 1.807) is 0 Å². The molecule has 2 rings (SSSR count). The van der Waals surface area contributed by atoms with Gasteiger partial charge in [0.25, 0.3) is 5.69 Å². The minimum absolute atomic E-state index is 0.165. The Morgan fingerprint density at radius 2 is 2.00 bits per heavy atom. The van der Waals surface area contributed by atoms with Crippen LogP contribution >= 0.6 is 0 Å². The molecule has 9 nitrogen and oxygen atoms in total. The van der Waals surface area contributed by atoms with Crippen LogP contribution in [-0.4, -0.2) is 34.1 Å². The zero-order chi connectivity index (χ0) is 17.0. The van der Waals surface area contributed by atoms with E-state index in [9.17, 15) is 19.7 Å². The number of nitrogens with zero attached hydrogens (tertiary/aromatic N) is 2. The number of pyridine rings is 1. The molecule has 1 aromatic heterocycles. The summed E-state index contributed by atoms with van der Waals surface area (Å²) in [6.45, 7) is 2.39. The third-order valence-electron chi connectivity index (χ3n) is 3.06. The summed E-state index contributed by atoms with van der Waals surface area (Å²) in [5.74, 6) is -1.21. The van der Waals surface area contributed by atoms with E-state index in [0.29, 0.717) is 0 Å². The number of carbonyl (C=O) groups is 2. The summed E-state index contributed by atoms with van der Waals surface area (Å²) in [6, 6.07) is 1.39. The molecule has 0 bridgehead atoms. The van der Waals surface area contributed by atoms with Crippen molar-refractivity contribution in [2.45, 2.75) is 32.2 Å². The quantitative estimate of drug-likeness (QED) is 0.464. The van der Waals surface area contributed by atoms with E-state index >= 15 is 0 Å². The van der Waals surface area contributed by atoms with Gasteiger partial charge >= 0.3 is 11.9 Å². The van der Waals surface area contributed by atoms with Crippen LogP contribution in [0.15, 0.2) is 30.8 Å². The van der Waals surface area contributed by atoms with Gasteiger partial charge in [0.1, 0.15) is 6.20 Å². The molecule has 0 spiro atoms. The Morgan fingerprint density at radius 3 is 2.61 bits per heavy atom. The molecule has 0 saturated carbocycles. The minimum atomic E-state index is -1.05. The van der Waals surface area contributed by atoms with E-state index in [2.05, 4.69) is 4.98 Å². The van der Waals surface area contributed by atoms with E-state index in [-0.39, 0.29) is 11.3 Å². The van der Waals surface area contributed by atoms with Crippen LogP contribution in [0.3, 0.4) is 0 Å². The first-order valence-electron chi connectivity index (χ1n) is 6.65. The molecule has 23 heavy (non-hydrogen) atoms. The van der Waals surface area contributed by atoms with Crippen molar-refractivity contribution < 1.29 is 28.7 Å². The molecule has 122 valence electrons. The van der Waals surface area contributed by atoms with E-state index in [1.807, 2.05) is 0 Å². The molecule has 0 aromatic carbocycles. The normalized spacial score (nSPS) is 22.8. The summed E-state index contributed by atoms with van der Waals surface area (Å²) in [4.78, 5) is 36.8. The molecule has 0 amide bonds. The number of hydrogen-bond acceptors (Lipinski definition) is 8. The van der Waals surface area contributed by atoms with Gasteiger partial charge in [-0.25, -0.2) is 0 Å². The average molecular weight is 322 g/mol. The van der Waals surface area contributed by atoms with Crippen LogP contribution in [0, 0.1) is 10.1 Å². The lowest BCUT2D eigenvalue weighted by Crippen LogP contribution is -2.40. The monoisotopic (exact) mass is 322 g/mol. The van der Waals surface area contributed by atoms with Crippen LogP contribution in [0.1, 0.15) is 25.5 Å². The SMILES string of the molecule is CC(=O)OC1C=COC(c2ccncc2[N+](=O)[O-])C1OC(C)=O. The fraction of sp³-hybridized carbons (Fsp3) is 0.357. The van der Waals surface area contributed by atoms with Crippen LogP contribution in [0.5, 0.6) is 0 Å². The predicted octanol–water partition coefficient (Wildman–Crippen LogP) is 1.44. The second kappa shape index (κ2) is 6.86. The molecule has 3 atom stereocenters. The van der Waals surface area contributed by atoms with Gasteiger partial charge in [0, 0.05) is 20.0 Å². The largest absolute Gasteiger partial charge is 0.489 e. The Bertz CT molecular complexity index is 658. The van der Waals surface area contributed by atoms with Crippen molar-refractivity contribution in [3.05, 3.63) is 46.5 Å². The number of aromatic nitrogens is 1. The maximum absolute atomic E-state index is 11.4. The first kappa shape index (κ1) is 16.4. The predicted molar refractivity (Wildman–Crippen MR) is 75.0 cm³/mol. The molecule has 9 heteroatoms. The van der Waals surface area contributed by atoms with Gasteiger partial charge in [-0.2, -0.15) is 0 Å². The highest BCUT2D eigenvalue weighted by molar-refractivity contribution is 5.67. The molecule has 0 radical (unpaired) electrons. The Morgan fingerprint density at radius 1 is 1.30 bits per heavy atom. The number of hydrogen-bond donors (Lipinski definition) is 0. The molecular weight excluding hydrogens is 308 g/mol. The van der Waals surface area contributed by atoms with Gasteiger partial charge < -0.3 is 14.2 Å². The topological polar surface area (TPSA) is 118 Å². The van der Waals surface area contributed by atoms with E-state index in [4.69, 9.17) is 14.2 Å². The van der Waals surface area contributed by atoms with Crippen LogP contribution in [0.25, 0.3) is 0 Å². The second-order valence-electron chi connectivity index (χ2n) is 4.72. The Kier molecular flexibility index (Phi) is 4.89. The van der Waals surface area contributed by atoms with E-state index in [1.165, 1.54) is 38.4 Å². The van der Waals surface area contributed by atoms with Crippen molar-refractivity contribution in [3.8, 4) is 0 Å². The van der Waals surface area contributed by atoms with Crippen LogP contribution in [0.2, 0.25) is 0 Å². The molecule has 3 unspecified atom stereocenters. The Labute approximate surface area is 131 Å². The van der Waals surface area contributed by atoms with E-state index in [0.717, 1.165) is 6.20 Å². The standard InChI is InChI=1S/C14H14N2O7/c1-8(17)22-12-4-6-21-13(14(12)23-9(2)18)10-3-5-15-7-11(10)16(19)20/h3-7,12-14H,1-2H3. The molecule has 0 fully saturated rings. The van der Waals surface area contributed by atoms with Crippen LogP contribution in [0.4, 0.5) is 5.69 Å². The van der Waals surface area contributed by atoms with Gasteiger partial charge in [-0.1, -0.05) is 0 Å². The van der Waals surface area contributed by atoms with Crippen molar-refractivity contribution in [3.63, 3.8) is 0 Å². The van der Waals surface area contributed by atoms with Gasteiger partial charge in [0.05, 0.1) is 16.7 Å². The lowest BCUT2D eigenvalue weighted by molar-refractivity contribution is -0.386. The summed E-state index contributed by atoms with van der Waals surface area (Å²) >= 11 is 0. The molecule has 1 aromatic rings. The van der Waals surface area contributed by atoms with E-state index < -0.39 is 35.2 Å². The Hall–Kier alpha value is -2.97. The lowest BCUT2D eigenvalue weighted by atomic mass is 9.97. The van der Waals surface area contributed by atoms with Gasteiger partial charge in [-0.3, -0.25) is 24.7 Å². The molecular formula is C14H14N2O7. The summed E-state index contributed by atoms with van der Waals surface area (Å²) < 4.78 is 15.7. The molecule has 0 saturated heterocycles. The zero-order valence-electron chi connectivity index (χ0n) is 12.4.